The molecule has 0 aliphatic carbocycles. The van der Waals surface area contributed by atoms with Crippen LogP contribution in [-0.2, 0) is 0 Å². The molecule has 0 saturated heterocycles. The minimum atomic E-state index is -2.83. The number of halogens is 2. The first kappa shape index (κ1) is 19.2. The van der Waals surface area contributed by atoms with Crippen LogP contribution in [0.15, 0.2) is 47.3 Å². The van der Waals surface area contributed by atoms with Gasteiger partial charge in [0.15, 0.2) is 0 Å². The van der Waals surface area contributed by atoms with Crippen molar-refractivity contribution >= 4 is 11.5 Å². The van der Waals surface area contributed by atoms with Gasteiger partial charge in [-0.3, -0.25) is 4.98 Å². The zero-order chi connectivity index (χ0) is 20.3. The lowest BCUT2D eigenvalue weighted by Gasteiger charge is -2.22. The summed E-state index contributed by atoms with van der Waals surface area (Å²) in [5.41, 5.74) is 13.7. The molecular formula is C17H18F2N8O. The van der Waals surface area contributed by atoms with Crippen LogP contribution in [-0.4, -0.2) is 25.2 Å². The highest BCUT2D eigenvalue weighted by Gasteiger charge is 2.18. The molecule has 0 amide bonds. The summed E-state index contributed by atoms with van der Waals surface area (Å²) in [7, 11) is 0. The average Bonchev–Trinajstić information content (AvgIpc) is 3.18. The molecule has 0 bridgehead atoms. The molecule has 6 N–H and O–H groups in total. The first-order chi connectivity index (χ1) is 13.3. The second-order valence-corrected chi connectivity index (χ2v) is 5.90. The number of anilines is 1. The summed E-state index contributed by atoms with van der Waals surface area (Å²) in [6, 6.07) is 6.36. The van der Waals surface area contributed by atoms with E-state index in [1.807, 2.05) is 6.92 Å². The largest absolute Gasteiger partial charge is 0.415 e. The van der Waals surface area contributed by atoms with Crippen LogP contribution in [0.4, 0.5) is 14.6 Å². The molecule has 146 valence electrons. The second-order valence-electron chi connectivity index (χ2n) is 5.90. The van der Waals surface area contributed by atoms with Gasteiger partial charge in [0.25, 0.3) is 5.89 Å². The molecule has 0 radical (unpaired) electrons. The van der Waals surface area contributed by atoms with Crippen molar-refractivity contribution in [2.75, 3.05) is 5.73 Å². The minimum absolute atomic E-state index is 0.0356. The number of nitrogens with zero attached hydrogens (tertiary/aromatic N) is 5. The van der Waals surface area contributed by atoms with Gasteiger partial charge in [0.1, 0.15) is 5.82 Å². The molecule has 3 aromatic heterocycles. The average molecular weight is 388 g/mol. The highest BCUT2D eigenvalue weighted by atomic mass is 19.3. The molecule has 3 heterocycles. The topological polar surface area (TPSA) is 146 Å². The van der Waals surface area contributed by atoms with E-state index in [0.29, 0.717) is 28.3 Å². The highest BCUT2D eigenvalue weighted by molar-refractivity contribution is 5.62. The molecule has 0 aliphatic heterocycles. The van der Waals surface area contributed by atoms with Gasteiger partial charge in [-0.15, -0.1) is 10.2 Å². The van der Waals surface area contributed by atoms with Gasteiger partial charge in [-0.25, -0.2) is 10.8 Å². The Hall–Kier alpha value is -3.60. The predicted octanol–water partition coefficient (Wildman–Crippen LogP) is 2.24. The molecule has 0 saturated carbocycles. The molecule has 11 heteroatoms. The van der Waals surface area contributed by atoms with E-state index in [2.05, 4.69) is 20.2 Å². The lowest BCUT2D eigenvalue weighted by molar-refractivity contribution is 0.116. The number of hydrogen-bond acceptors (Lipinski definition) is 9. The fourth-order valence-corrected chi connectivity index (χ4v) is 2.29. The summed E-state index contributed by atoms with van der Waals surface area (Å²) in [5.74, 6) is 5.69. The molecule has 0 spiro atoms. The number of aromatic nitrogens is 4. The van der Waals surface area contributed by atoms with Crippen molar-refractivity contribution in [1.29, 1.82) is 0 Å². The molecule has 28 heavy (non-hydrogen) atoms. The van der Waals surface area contributed by atoms with Crippen LogP contribution in [0.25, 0.3) is 17.2 Å². The van der Waals surface area contributed by atoms with Crippen LogP contribution in [0.2, 0.25) is 0 Å². The third kappa shape index (κ3) is 4.20. The van der Waals surface area contributed by atoms with Crippen molar-refractivity contribution in [1.82, 2.24) is 25.2 Å². The van der Waals surface area contributed by atoms with Crippen molar-refractivity contribution in [2.24, 2.45) is 11.6 Å². The first-order valence-corrected chi connectivity index (χ1v) is 8.15. The van der Waals surface area contributed by atoms with Gasteiger partial charge >= 0.3 is 6.43 Å². The second kappa shape index (κ2) is 7.96. The van der Waals surface area contributed by atoms with Crippen LogP contribution in [0.5, 0.6) is 0 Å². The van der Waals surface area contributed by atoms with Crippen molar-refractivity contribution < 1.29 is 13.2 Å². The zero-order valence-corrected chi connectivity index (χ0v) is 14.8. The van der Waals surface area contributed by atoms with Crippen molar-refractivity contribution in [2.45, 2.75) is 19.4 Å². The van der Waals surface area contributed by atoms with Gasteiger partial charge in [-0.1, -0.05) is 0 Å². The molecule has 0 fully saturated rings. The van der Waals surface area contributed by atoms with Gasteiger partial charge in [0.2, 0.25) is 5.89 Å². The summed E-state index contributed by atoms with van der Waals surface area (Å²) in [6.07, 6.45) is 1.72. The maximum Gasteiger partial charge on any atom is 0.314 e. The normalized spacial score (nSPS) is 13.0. The number of hydrogen-bond donors (Lipinski definition) is 3. The van der Waals surface area contributed by atoms with Crippen LogP contribution in [0.3, 0.4) is 0 Å². The number of rotatable bonds is 6. The lowest BCUT2D eigenvalue weighted by Crippen LogP contribution is -2.30. The number of hydrazine groups is 1. The molecule has 3 rings (SSSR count). The van der Waals surface area contributed by atoms with Gasteiger partial charge in [0.05, 0.1) is 23.0 Å². The molecule has 0 unspecified atom stereocenters. The van der Waals surface area contributed by atoms with Crippen LogP contribution in [0.1, 0.15) is 36.5 Å². The Morgan fingerprint density at radius 3 is 2.50 bits per heavy atom. The quantitative estimate of drug-likeness (QED) is 0.427. The van der Waals surface area contributed by atoms with E-state index in [1.54, 1.807) is 36.7 Å². The molecule has 9 nitrogen and oxygen atoms in total. The maximum atomic E-state index is 12.5. The summed E-state index contributed by atoms with van der Waals surface area (Å²) in [4.78, 5) is 8.27. The summed E-state index contributed by atoms with van der Waals surface area (Å²) >= 11 is 0. The fraction of sp³-hybridized carbons (Fsp3) is 0.176. The first-order valence-electron chi connectivity index (χ1n) is 8.15. The number of nitrogens with two attached hydrogens (primary N) is 3. The van der Waals surface area contributed by atoms with E-state index < -0.39 is 12.3 Å². The van der Waals surface area contributed by atoms with E-state index in [1.165, 1.54) is 11.2 Å². The molecule has 0 aromatic carbocycles. The Labute approximate surface area is 158 Å². The lowest BCUT2D eigenvalue weighted by atomic mass is 10.1. The summed E-state index contributed by atoms with van der Waals surface area (Å²) in [5, 5.41) is 8.27. The zero-order valence-electron chi connectivity index (χ0n) is 14.8. The monoisotopic (exact) mass is 388 g/mol. The van der Waals surface area contributed by atoms with Crippen LogP contribution in [0, 0.1) is 0 Å². The molecule has 0 aliphatic rings. The number of pyridine rings is 2. The minimum Gasteiger partial charge on any atom is -0.415 e. The van der Waals surface area contributed by atoms with Gasteiger partial charge in [-0.05, 0) is 31.2 Å². The van der Waals surface area contributed by atoms with E-state index in [4.69, 9.17) is 21.7 Å². The summed E-state index contributed by atoms with van der Waals surface area (Å²) in [6.45, 7) is 1.83. The van der Waals surface area contributed by atoms with E-state index in [0.717, 1.165) is 0 Å². The smallest absolute Gasteiger partial charge is 0.314 e. The van der Waals surface area contributed by atoms with Crippen molar-refractivity contribution in [3.8, 4) is 11.5 Å². The molecule has 1 atom stereocenters. The predicted molar refractivity (Wildman–Crippen MR) is 97.7 cm³/mol. The maximum absolute atomic E-state index is 12.5. The Morgan fingerprint density at radius 2 is 1.93 bits per heavy atom. The Balaban J connectivity index is 1.73. The van der Waals surface area contributed by atoms with Gasteiger partial charge in [-0.2, -0.15) is 8.78 Å². The highest BCUT2D eigenvalue weighted by Crippen LogP contribution is 2.24. The van der Waals surface area contributed by atoms with Crippen LogP contribution >= 0.6 is 0 Å². The van der Waals surface area contributed by atoms with Gasteiger partial charge < -0.3 is 20.9 Å². The summed E-state index contributed by atoms with van der Waals surface area (Å²) < 4.78 is 30.0. The van der Waals surface area contributed by atoms with E-state index in [9.17, 15) is 8.78 Å². The molecule has 3 aromatic rings. The van der Waals surface area contributed by atoms with Crippen LogP contribution < -0.4 is 17.3 Å². The Kier molecular flexibility index (Phi) is 5.45. The number of nitrogen functional groups attached to an aromatic ring is 1. The van der Waals surface area contributed by atoms with Gasteiger partial charge in [0, 0.05) is 24.2 Å². The molecular weight excluding hydrogens is 370 g/mol. The third-order valence-electron chi connectivity index (χ3n) is 3.94. The standard InChI is InChI=1S/C17H18F2N8O/c1-9(27(22)8-12(20)10-3-5-14(21)24-6-10)13-4-2-11(7-23-13)16-25-26-17(28-16)15(18)19/h2-9,15H,20,22H2,1H3,(H2,21,24)/b12-8-/t9-/m0/s1. The van der Waals surface area contributed by atoms with E-state index in [-0.39, 0.29) is 11.9 Å². The Morgan fingerprint density at radius 1 is 1.14 bits per heavy atom. The number of alkyl halides is 2. The van der Waals surface area contributed by atoms with Crippen molar-refractivity contribution in [3.05, 3.63) is 60.0 Å². The van der Waals surface area contributed by atoms with Crippen molar-refractivity contribution in [3.63, 3.8) is 0 Å². The third-order valence-corrected chi connectivity index (χ3v) is 3.94. The SMILES string of the molecule is C[C@@H](c1ccc(-c2nnc(C(F)F)o2)cn1)N(N)/C=C(\N)c1ccc(N)nc1. The van der Waals surface area contributed by atoms with E-state index >= 15 is 0 Å². The Bertz CT molecular complexity index is 956. The fourth-order valence-electron chi connectivity index (χ4n) is 2.29.